The van der Waals surface area contributed by atoms with Crippen molar-refractivity contribution in [3.8, 4) is 0 Å². The first-order valence-electron chi connectivity index (χ1n) is 4.09. The molecule has 0 aromatic heterocycles. The molecule has 0 amide bonds. The van der Waals surface area contributed by atoms with Crippen LogP contribution in [0.4, 0.5) is 5.69 Å². The predicted octanol–water partition coefficient (Wildman–Crippen LogP) is 1.65. The molecule has 0 aliphatic heterocycles. The Morgan fingerprint density at radius 3 is 2.29 bits per heavy atom. The Morgan fingerprint density at radius 2 is 1.93 bits per heavy atom. The molecule has 5 heteroatoms. The van der Waals surface area contributed by atoms with E-state index >= 15 is 0 Å². The van der Waals surface area contributed by atoms with E-state index in [1.807, 2.05) is 6.92 Å². The summed E-state index contributed by atoms with van der Waals surface area (Å²) in [4.78, 5) is 9.93. The summed E-state index contributed by atoms with van der Waals surface area (Å²) in [6.07, 6.45) is 0. The van der Waals surface area contributed by atoms with Gasteiger partial charge in [0.25, 0.3) is 5.69 Å². The largest absolute Gasteiger partial charge is 0.330 e. The van der Waals surface area contributed by atoms with E-state index in [0.29, 0.717) is 6.54 Å². The number of hydrogen-bond donors (Lipinski definition) is 1. The molecule has 1 atom stereocenters. The van der Waals surface area contributed by atoms with Gasteiger partial charge in [0.15, 0.2) is 0 Å². The van der Waals surface area contributed by atoms with E-state index in [1.54, 1.807) is 12.1 Å². The Hall–Kier alpha value is -0.914. The van der Waals surface area contributed by atoms with Gasteiger partial charge in [0.2, 0.25) is 0 Å². The van der Waals surface area contributed by atoms with Crippen LogP contribution in [-0.4, -0.2) is 11.5 Å². The quantitative estimate of drug-likeness (QED) is 0.644. The topological polar surface area (TPSA) is 69.2 Å². The molecular formula is C9H12CoN2O2. The third-order valence-corrected chi connectivity index (χ3v) is 2.03. The number of rotatable bonds is 3. The van der Waals surface area contributed by atoms with E-state index in [0.717, 1.165) is 5.56 Å². The molecule has 0 spiro atoms. The number of nitro benzene ring substituents is 1. The van der Waals surface area contributed by atoms with Crippen LogP contribution in [0.25, 0.3) is 0 Å². The molecule has 1 aromatic carbocycles. The molecule has 1 unspecified atom stereocenters. The minimum Gasteiger partial charge on any atom is -0.330 e. The van der Waals surface area contributed by atoms with Crippen LogP contribution >= 0.6 is 0 Å². The fraction of sp³-hybridized carbons (Fsp3) is 0.333. The maximum absolute atomic E-state index is 10.3. The van der Waals surface area contributed by atoms with Crippen molar-refractivity contribution in [3.05, 3.63) is 39.9 Å². The van der Waals surface area contributed by atoms with Gasteiger partial charge >= 0.3 is 0 Å². The van der Waals surface area contributed by atoms with Crippen molar-refractivity contribution < 1.29 is 21.7 Å². The molecule has 0 aliphatic carbocycles. The summed E-state index contributed by atoms with van der Waals surface area (Å²) in [5.74, 6) is 0.251. The molecular weight excluding hydrogens is 227 g/mol. The predicted molar refractivity (Wildman–Crippen MR) is 50.6 cm³/mol. The van der Waals surface area contributed by atoms with Gasteiger partial charge in [0, 0.05) is 28.9 Å². The number of hydrogen-bond acceptors (Lipinski definition) is 3. The zero-order valence-electron chi connectivity index (χ0n) is 7.77. The molecule has 0 aliphatic rings. The van der Waals surface area contributed by atoms with E-state index in [2.05, 4.69) is 0 Å². The Bertz CT molecular complexity index is 300. The fourth-order valence-corrected chi connectivity index (χ4v) is 1.06. The minimum absolute atomic E-state index is 0. The van der Waals surface area contributed by atoms with Gasteiger partial charge in [-0.05, 0) is 18.0 Å². The van der Waals surface area contributed by atoms with E-state index in [-0.39, 0.29) is 28.4 Å². The van der Waals surface area contributed by atoms with E-state index < -0.39 is 4.92 Å². The van der Waals surface area contributed by atoms with Gasteiger partial charge in [-0.2, -0.15) is 0 Å². The second-order valence-electron chi connectivity index (χ2n) is 2.99. The molecule has 0 bridgehead atoms. The van der Waals surface area contributed by atoms with Gasteiger partial charge in [0.05, 0.1) is 4.92 Å². The molecule has 1 radical (unpaired) electrons. The molecule has 0 heterocycles. The molecule has 0 saturated heterocycles. The number of nitrogens with zero attached hydrogens (tertiary/aromatic N) is 1. The molecule has 14 heavy (non-hydrogen) atoms. The van der Waals surface area contributed by atoms with Crippen LogP contribution in [0.1, 0.15) is 18.4 Å². The van der Waals surface area contributed by atoms with Crippen LogP contribution in [0.3, 0.4) is 0 Å². The molecule has 4 nitrogen and oxygen atoms in total. The zero-order valence-corrected chi connectivity index (χ0v) is 8.81. The second kappa shape index (κ2) is 5.74. The number of nitrogens with two attached hydrogens (primary N) is 1. The Kier molecular flexibility index (Phi) is 5.37. The first kappa shape index (κ1) is 13.1. The minimum atomic E-state index is -0.406. The van der Waals surface area contributed by atoms with Crippen LogP contribution in [0.5, 0.6) is 0 Å². The molecule has 1 rings (SSSR count). The summed E-state index contributed by atoms with van der Waals surface area (Å²) in [7, 11) is 0. The molecule has 2 N–H and O–H groups in total. The van der Waals surface area contributed by atoms with Gasteiger partial charge in [-0.25, -0.2) is 0 Å². The third kappa shape index (κ3) is 3.10. The fourth-order valence-electron chi connectivity index (χ4n) is 1.06. The van der Waals surface area contributed by atoms with Crippen molar-refractivity contribution in [2.75, 3.05) is 6.54 Å². The summed E-state index contributed by atoms with van der Waals surface area (Å²) in [6.45, 7) is 2.54. The van der Waals surface area contributed by atoms with Crippen LogP contribution in [0, 0.1) is 10.1 Å². The van der Waals surface area contributed by atoms with Crippen LogP contribution in [0.2, 0.25) is 0 Å². The number of nitro groups is 1. The van der Waals surface area contributed by atoms with Crippen molar-refractivity contribution >= 4 is 5.69 Å². The van der Waals surface area contributed by atoms with Gasteiger partial charge in [-0.3, -0.25) is 10.1 Å². The Balaban J connectivity index is 0.00000169. The Labute approximate surface area is 92.8 Å². The first-order valence-corrected chi connectivity index (χ1v) is 4.09. The summed E-state index contributed by atoms with van der Waals surface area (Å²) < 4.78 is 0. The van der Waals surface area contributed by atoms with Crippen LogP contribution in [-0.2, 0) is 16.8 Å². The van der Waals surface area contributed by atoms with Crippen LogP contribution in [0.15, 0.2) is 24.3 Å². The van der Waals surface area contributed by atoms with Crippen molar-refractivity contribution in [2.24, 2.45) is 5.73 Å². The first-order chi connectivity index (χ1) is 6.15. The normalized spacial score (nSPS) is 11.6. The van der Waals surface area contributed by atoms with Crippen LogP contribution < -0.4 is 5.73 Å². The summed E-state index contributed by atoms with van der Waals surface area (Å²) in [5, 5.41) is 10.3. The smallest absolute Gasteiger partial charge is 0.269 e. The average molecular weight is 239 g/mol. The number of benzene rings is 1. The average Bonchev–Trinajstić information content (AvgIpc) is 2.17. The molecule has 79 valence electrons. The maximum atomic E-state index is 10.3. The summed E-state index contributed by atoms with van der Waals surface area (Å²) in [5.41, 5.74) is 6.62. The summed E-state index contributed by atoms with van der Waals surface area (Å²) in [6, 6.07) is 6.49. The van der Waals surface area contributed by atoms with Crippen molar-refractivity contribution in [2.45, 2.75) is 12.8 Å². The monoisotopic (exact) mass is 239 g/mol. The molecule has 1 aromatic rings. The Morgan fingerprint density at radius 1 is 1.43 bits per heavy atom. The SMILES string of the molecule is CC(CN)c1ccc([N+](=O)[O-])cc1.[Co]. The van der Waals surface area contributed by atoms with E-state index in [9.17, 15) is 10.1 Å². The maximum Gasteiger partial charge on any atom is 0.269 e. The molecule has 0 saturated carbocycles. The van der Waals surface area contributed by atoms with Gasteiger partial charge in [-0.15, -0.1) is 0 Å². The van der Waals surface area contributed by atoms with E-state index in [1.165, 1.54) is 12.1 Å². The van der Waals surface area contributed by atoms with E-state index in [4.69, 9.17) is 5.73 Å². The second-order valence-corrected chi connectivity index (χ2v) is 2.99. The van der Waals surface area contributed by atoms with Gasteiger partial charge in [0.1, 0.15) is 0 Å². The number of non-ortho nitro benzene ring substituents is 1. The standard InChI is InChI=1S/C9H12N2O2.Co/c1-7(6-10)8-2-4-9(5-3-8)11(12)13;/h2-5,7H,6,10H2,1H3;. The van der Waals surface area contributed by atoms with Gasteiger partial charge < -0.3 is 5.73 Å². The van der Waals surface area contributed by atoms with Crippen molar-refractivity contribution in [1.82, 2.24) is 0 Å². The van der Waals surface area contributed by atoms with Crippen molar-refractivity contribution in [1.29, 1.82) is 0 Å². The van der Waals surface area contributed by atoms with Crippen molar-refractivity contribution in [3.63, 3.8) is 0 Å². The van der Waals surface area contributed by atoms with Gasteiger partial charge in [-0.1, -0.05) is 19.1 Å². The molecule has 0 fully saturated rings. The summed E-state index contributed by atoms with van der Waals surface area (Å²) >= 11 is 0. The zero-order chi connectivity index (χ0) is 9.84. The third-order valence-electron chi connectivity index (χ3n) is 2.03.